The van der Waals surface area contributed by atoms with Crippen LogP contribution < -0.4 is 5.73 Å². The molecule has 3 N–H and O–H groups in total. The van der Waals surface area contributed by atoms with E-state index in [4.69, 9.17) is 24.3 Å². The predicted molar refractivity (Wildman–Crippen MR) is 339 cm³/mol. The molecular weight excluding hydrogens is 1000 g/mol. The van der Waals surface area contributed by atoms with Crippen molar-refractivity contribution >= 4 is 19.8 Å². The Balaban J connectivity index is 3.78. The number of rotatable bonds is 63. The van der Waals surface area contributed by atoms with Crippen LogP contribution in [-0.2, 0) is 32.7 Å². The van der Waals surface area contributed by atoms with Crippen LogP contribution in [0.1, 0.15) is 322 Å². The van der Waals surface area contributed by atoms with E-state index in [0.29, 0.717) is 6.42 Å². The van der Waals surface area contributed by atoms with Crippen molar-refractivity contribution in [1.29, 1.82) is 0 Å². The average molecular weight is 1130 g/mol. The number of phosphoric ester groups is 1. The van der Waals surface area contributed by atoms with Crippen molar-refractivity contribution in [2.45, 2.75) is 328 Å². The second kappa shape index (κ2) is 64.6. The molecule has 0 aliphatic carbocycles. The molecule has 0 aromatic carbocycles. The predicted octanol–water partition coefficient (Wildman–Crippen LogP) is 21.6. The SMILES string of the molecule is CC/C=C\C/C=C\C/C=C\C/C=C\CCCCCCCCC(=O)OC(COC(=O)CCCCCCCCCCCCCCCCCCCCCCCCCCCCC/C=C\C/C=C\CCCCCCC)COP(=O)(O)OCCN. The third-order valence-corrected chi connectivity index (χ3v) is 15.6. The first-order valence-electron chi connectivity index (χ1n) is 33.4. The summed E-state index contributed by atoms with van der Waals surface area (Å²) in [4.78, 5) is 35.2. The Bertz CT molecular complexity index is 1520. The molecule has 0 heterocycles. The molecule has 9 nitrogen and oxygen atoms in total. The van der Waals surface area contributed by atoms with Crippen molar-refractivity contribution in [3.8, 4) is 0 Å². The van der Waals surface area contributed by atoms with Gasteiger partial charge in [0.25, 0.3) is 0 Å². The number of allylic oxidation sites excluding steroid dienone is 12. The number of unbranched alkanes of at least 4 members (excludes halogenated alkanes) is 38. The minimum atomic E-state index is -4.40. The summed E-state index contributed by atoms with van der Waals surface area (Å²) in [6, 6.07) is 0. The number of nitrogens with two attached hydrogens (primary N) is 1. The van der Waals surface area contributed by atoms with Crippen LogP contribution >= 0.6 is 7.82 Å². The normalized spacial score (nSPS) is 13.4. The summed E-state index contributed by atoms with van der Waals surface area (Å²) in [7, 11) is -4.40. The monoisotopic (exact) mass is 1130 g/mol. The van der Waals surface area contributed by atoms with E-state index < -0.39 is 26.5 Å². The highest BCUT2D eigenvalue weighted by atomic mass is 31.2. The zero-order chi connectivity index (χ0) is 57.3. The van der Waals surface area contributed by atoms with Crippen LogP contribution in [-0.4, -0.2) is 49.3 Å². The first-order chi connectivity index (χ1) is 38.8. The molecule has 0 fully saturated rings. The zero-order valence-electron chi connectivity index (χ0n) is 51.6. The van der Waals surface area contributed by atoms with E-state index in [1.807, 2.05) is 0 Å². The first-order valence-corrected chi connectivity index (χ1v) is 34.9. The highest BCUT2D eigenvalue weighted by Crippen LogP contribution is 2.43. The smallest absolute Gasteiger partial charge is 0.462 e. The molecule has 2 atom stereocenters. The Labute approximate surface area is 488 Å². The van der Waals surface area contributed by atoms with Gasteiger partial charge in [-0.05, 0) is 83.5 Å². The summed E-state index contributed by atoms with van der Waals surface area (Å²) in [5, 5.41) is 0. The van der Waals surface area contributed by atoms with E-state index in [2.05, 4.69) is 86.8 Å². The molecule has 0 bridgehead atoms. The summed E-state index contributed by atoms with van der Waals surface area (Å²) in [5.41, 5.74) is 5.39. The molecule has 79 heavy (non-hydrogen) atoms. The van der Waals surface area contributed by atoms with Crippen LogP contribution in [0, 0.1) is 0 Å². The molecular formula is C69H126NO8P. The Kier molecular flexibility index (Phi) is 62.5. The largest absolute Gasteiger partial charge is 0.472 e. The number of ether oxygens (including phenoxy) is 2. The number of hydrogen-bond acceptors (Lipinski definition) is 8. The number of phosphoric acid groups is 1. The highest BCUT2D eigenvalue weighted by Gasteiger charge is 2.26. The molecule has 460 valence electrons. The molecule has 0 radical (unpaired) electrons. The second-order valence-corrected chi connectivity index (χ2v) is 23.8. The lowest BCUT2D eigenvalue weighted by molar-refractivity contribution is -0.161. The van der Waals surface area contributed by atoms with E-state index in [0.717, 1.165) is 89.9 Å². The quantitative estimate of drug-likeness (QED) is 0.0264. The molecule has 0 saturated carbocycles. The molecule has 0 aromatic rings. The molecule has 0 saturated heterocycles. The van der Waals surface area contributed by atoms with Crippen LogP contribution in [0.5, 0.6) is 0 Å². The number of hydrogen-bond donors (Lipinski definition) is 2. The van der Waals surface area contributed by atoms with Crippen LogP contribution in [0.25, 0.3) is 0 Å². The average Bonchev–Trinajstić information content (AvgIpc) is 3.44. The number of carbonyl (C=O) groups excluding carboxylic acids is 2. The standard InChI is InChI=1S/C69H126NO8P/c1-3-5-7-9-11-13-15-17-19-21-23-24-25-26-27-28-29-30-31-32-33-34-35-36-37-38-39-40-41-42-44-45-47-49-51-53-55-57-59-61-68(71)75-65-67(66-77-79(73,74)76-64-63-70)78-69(72)62-60-58-56-54-52-50-48-46-43-22-20-18-16-14-12-10-8-6-4-2/h6,8,12,14-15,17-18,20-21,23,43,46,67H,3-5,7,9-11,13,16,19,22,24-42,44-45,47-66,70H2,1-2H3,(H,73,74)/b8-6-,14-12-,17-15-,20-18-,23-21-,46-43-. The van der Waals surface area contributed by atoms with Gasteiger partial charge >= 0.3 is 19.8 Å². The topological polar surface area (TPSA) is 134 Å². The number of carbonyl (C=O) groups is 2. The molecule has 0 aromatic heterocycles. The van der Waals surface area contributed by atoms with Crippen molar-refractivity contribution in [3.05, 3.63) is 72.9 Å². The summed E-state index contributed by atoms with van der Waals surface area (Å²) in [5.74, 6) is -0.834. The third kappa shape index (κ3) is 64.5. The van der Waals surface area contributed by atoms with E-state index in [-0.39, 0.29) is 38.6 Å². The highest BCUT2D eigenvalue weighted by molar-refractivity contribution is 7.47. The van der Waals surface area contributed by atoms with Crippen molar-refractivity contribution in [2.24, 2.45) is 5.73 Å². The van der Waals surface area contributed by atoms with E-state index in [1.165, 1.54) is 199 Å². The Morgan fingerprint density at radius 2 is 0.696 bits per heavy atom. The van der Waals surface area contributed by atoms with Gasteiger partial charge in [-0.2, -0.15) is 0 Å². The summed E-state index contributed by atoms with van der Waals surface area (Å²) < 4.78 is 33.1. The lowest BCUT2D eigenvalue weighted by atomic mass is 10.0. The van der Waals surface area contributed by atoms with E-state index in [1.54, 1.807) is 0 Å². The maximum Gasteiger partial charge on any atom is 0.472 e. The van der Waals surface area contributed by atoms with Crippen molar-refractivity contribution in [3.63, 3.8) is 0 Å². The van der Waals surface area contributed by atoms with Gasteiger partial charge in [0.15, 0.2) is 6.10 Å². The molecule has 2 unspecified atom stereocenters. The number of esters is 2. The van der Waals surface area contributed by atoms with Gasteiger partial charge in [0.05, 0.1) is 13.2 Å². The fourth-order valence-electron chi connectivity index (χ4n) is 9.66. The van der Waals surface area contributed by atoms with Gasteiger partial charge in [0.2, 0.25) is 0 Å². The summed E-state index contributed by atoms with van der Waals surface area (Å²) in [6.07, 6.45) is 84.4. The van der Waals surface area contributed by atoms with Crippen molar-refractivity contribution in [2.75, 3.05) is 26.4 Å². The van der Waals surface area contributed by atoms with Gasteiger partial charge in [0, 0.05) is 19.4 Å². The van der Waals surface area contributed by atoms with Crippen LogP contribution in [0.2, 0.25) is 0 Å². The maximum absolute atomic E-state index is 12.7. The van der Waals surface area contributed by atoms with E-state index >= 15 is 0 Å². The molecule has 0 rings (SSSR count). The van der Waals surface area contributed by atoms with Crippen molar-refractivity contribution in [1.82, 2.24) is 0 Å². The Morgan fingerprint density at radius 1 is 0.392 bits per heavy atom. The molecule has 0 spiro atoms. The zero-order valence-corrected chi connectivity index (χ0v) is 52.5. The minimum absolute atomic E-state index is 0.0495. The second-order valence-electron chi connectivity index (χ2n) is 22.3. The summed E-state index contributed by atoms with van der Waals surface area (Å²) in [6.45, 7) is 3.64. The molecule has 0 aliphatic heterocycles. The molecule has 0 aliphatic rings. The fourth-order valence-corrected chi connectivity index (χ4v) is 10.4. The van der Waals surface area contributed by atoms with Gasteiger partial charge in [-0.15, -0.1) is 0 Å². The first kappa shape index (κ1) is 76.5. The Hall–Kier alpha value is -2.55. The van der Waals surface area contributed by atoms with Crippen LogP contribution in [0.3, 0.4) is 0 Å². The van der Waals surface area contributed by atoms with Crippen LogP contribution in [0.15, 0.2) is 72.9 Å². The third-order valence-electron chi connectivity index (χ3n) is 14.6. The Morgan fingerprint density at radius 3 is 1.04 bits per heavy atom. The fraction of sp³-hybridized carbons (Fsp3) is 0.797. The van der Waals surface area contributed by atoms with Gasteiger partial charge in [0.1, 0.15) is 6.61 Å². The van der Waals surface area contributed by atoms with E-state index in [9.17, 15) is 19.0 Å². The summed E-state index contributed by atoms with van der Waals surface area (Å²) >= 11 is 0. The van der Waals surface area contributed by atoms with Gasteiger partial charge < -0.3 is 20.1 Å². The molecule has 10 heteroatoms. The van der Waals surface area contributed by atoms with Gasteiger partial charge in [-0.1, -0.05) is 299 Å². The minimum Gasteiger partial charge on any atom is -0.462 e. The van der Waals surface area contributed by atoms with Gasteiger partial charge in [-0.3, -0.25) is 18.6 Å². The molecule has 0 amide bonds. The lowest BCUT2D eigenvalue weighted by Crippen LogP contribution is -2.29. The van der Waals surface area contributed by atoms with Crippen molar-refractivity contribution < 1.29 is 37.6 Å². The van der Waals surface area contributed by atoms with Crippen LogP contribution in [0.4, 0.5) is 0 Å². The maximum atomic E-state index is 12.7. The lowest BCUT2D eigenvalue weighted by Gasteiger charge is -2.19. The van der Waals surface area contributed by atoms with Gasteiger partial charge in [-0.25, -0.2) is 4.57 Å².